The highest BCUT2D eigenvalue weighted by Crippen LogP contribution is 2.23. The summed E-state index contributed by atoms with van der Waals surface area (Å²) < 4.78 is 11.2. The fourth-order valence-corrected chi connectivity index (χ4v) is 3.07. The van der Waals surface area contributed by atoms with Crippen LogP contribution in [0.15, 0.2) is 22.6 Å². The number of benzene rings is 1. The minimum atomic E-state index is -0.330. The van der Waals surface area contributed by atoms with Gasteiger partial charge in [0.15, 0.2) is 5.58 Å². The highest BCUT2D eigenvalue weighted by atomic mass is 32.1. The van der Waals surface area contributed by atoms with Gasteiger partial charge in [0.2, 0.25) is 0 Å². The number of H-pyrrole nitrogens is 1. The molecule has 1 fully saturated rings. The number of aromatic nitrogens is 1. The van der Waals surface area contributed by atoms with Crippen molar-refractivity contribution in [3.05, 3.63) is 28.6 Å². The molecule has 0 aliphatic carbocycles. The van der Waals surface area contributed by atoms with E-state index in [1.54, 1.807) is 12.1 Å². The molecule has 21 heavy (non-hydrogen) atoms. The Bertz CT molecular complexity index is 747. The molecule has 2 aromatic rings. The van der Waals surface area contributed by atoms with Gasteiger partial charge in [-0.3, -0.25) is 4.79 Å². The van der Waals surface area contributed by atoms with Crippen LogP contribution in [0.25, 0.3) is 11.1 Å². The van der Waals surface area contributed by atoms with Crippen LogP contribution in [0, 0.1) is 4.84 Å². The molecule has 6 heteroatoms. The number of nitrogens with one attached hydrogen (secondary N) is 1. The van der Waals surface area contributed by atoms with Gasteiger partial charge in [0, 0.05) is 18.7 Å². The molecule has 1 aliphatic heterocycles. The number of rotatable bonds is 1. The van der Waals surface area contributed by atoms with E-state index in [0.29, 0.717) is 29.1 Å². The number of carbonyl (C=O) groups is 1. The number of amides is 1. The van der Waals surface area contributed by atoms with E-state index in [1.165, 1.54) is 0 Å². The third-order valence-corrected chi connectivity index (χ3v) is 3.71. The summed E-state index contributed by atoms with van der Waals surface area (Å²) in [4.78, 5) is 17.7. The van der Waals surface area contributed by atoms with E-state index < -0.39 is 0 Å². The summed E-state index contributed by atoms with van der Waals surface area (Å²) in [6.45, 7) is 7.14. The first kappa shape index (κ1) is 14.3. The quantitative estimate of drug-likeness (QED) is 0.822. The van der Waals surface area contributed by atoms with E-state index in [2.05, 4.69) is 4.98 Å². The summed E-state index contributed by atoms with van der Waals surface area (Å²) in [5, 5.41) is 0. The van der Waals surface area contributed by atoms with E-state index in [1.807, 2.05) is 31.7 Å². The lowest BCUT2D eigenvalue weighted by Crippen LogP contribution is -2.53. The zero-order valence-corrected chi connectivity index (χ0v) is 13.1. The number of hydrogen-bond donors (Lipinski definition) is 1. The Balaban J connectivity index is 1.90. The molecule has 1 N–H and O–H groups in total. The molecule has 3 rings (SSSR count). The zero-order chi connectivity index (χ0) is 15.2. The van der Waals surface area contributed by atoms with Crippen LogP contribution in [-0.4, -0.2) is 40.6 Å². The molecule has 0 unspecified atom stereocenters. The van der Waals surface area contributed by atoms with Gasteiger partial charge in [0.25, 0.3) is 10.7 Å². The first-order chi connectivity index (χ1) is 9.84. The smallest absolute Gasteiger partial charge is 0.266 e. The third kappa shape index (κ3) is 2.87. The molecular formula is C15H18N2O3S. The maximum atomic E-state index is 12.7. The largest absolute Gasteiger partial charge is 0.429 e. The predicted octanol–water partition coefficient (Wildman–Crippen LogP) is 3.13. The maximum absolute atomic E-state index is 12.7. The van der Waals surface area contributed by atoms with Gasteiger partial charge in [-0.05, 0) is 51.2 Å². The van der Waals surface area contributed by atoms with Crippen molar-refractivity contribution in [3.63, 3.8) is 0 Å². The van der Waals surface area contributed by atoms with Crippen molar-refractivity contribution >= 4 is 29.2 Å². The summed E-state index contributed by atoms with van der Waals surface area (Å²) in [5.74, 6) is -0.0116. The summed E-state index contributed by atoms with van der Waals surface area (Å²) in [5.41, 5.74) is 1.67. The topological polar surface area (TPSA) is 58.5 Å². The van der Waals surface area contributed by atoms with E-state index in [-0.39, 0.29) is 17.6 Å². The molecule has 112 valence electrons. The van der Waals surface area contributed by atoms with Crippen molar-refractivity contribution in [2.75, 3.05) is 13.1 Å². The van der Waals surface area contributed by atoms with Crippen LogP contribution in [0.1, 0.15) is 31.1 Å². The molecule has 1 aromatic carbocycles. The standard InChI is InChI=1S/C15H18N2O3S/c1-9-7-17(8-15(2,3)20-9)13(18)10-4-5-11-12(6-10)19-14(21)16-11/h4-6,9H,7-8H2,1-3H3,(H,16,21)/t9-/m1/s1. The Kier molecular flexibility index (Phi) is 3.37. The van der Waals surface area contributed by atoms with E-state index in [4.69, 9.17) is 21.4 Å². The molecule has 1 aliphatic rings. The van der Waals surface area contributed by atoms with Gasteiger partial charge in [0.1, 0.15) is 0 Å². The second-order valence-corrected chi connectivity index (χ2v) is 6.47. The SMILES string of the molecule is C[C@@H]1CN(C(=O)c2ccc3[nH]c(=S)oc3c2)CC(C)(C)O1. The van der Waals surface area contributed by atoms with Gasteiger partial charge in [-0.1, -0.05) is 0 Å². The predicted molar refractivity (Wildman–Crippen MR) is 81.9 cm³/mol. The Morgan fingerprint density at radius 1 is 1.48 bits per heavy atom. The average molecular weight is 306 g/mol. The summed E-state index contributed by atoms with van der Waals surface area (Å²) in [6, 6.07) is 5.34. The van der Waals surface area contributed by atoms with Gasteiger partial charge in [-0.15, -0.1) is 0 Å². The lowest BCUT2D eigenvalue weighted by atomic mass is 10.0. The zero-order valence-electron chi connectivity index (χ0n) is 12.3. The highest BCUT2D eigenvalue weighted by Gasteiger charge is 2.34. The van der Waals surface area contributed by atoms with Gasteiger partial charge < -0.3 is 19.0 Å². The van der Waals surface area contributed by atoms with Gasteiger partial charge >= 0.3 is 0 Å². The third-order valence-electron chi connectivity index (χ3n) is 3.52. The first-order valence-electron chi connectivity index (χ1n) is 6.94. The molecule has 1 amide bonds. The van der Waals surface area contributed by atoms with Crippen LogP contribution >= 0.6 is 12.2 Å². The number of ether oxygens (including phenoxy) is 1. The highest BCUT2D eigenvalue weighted by molar-refractivity contribution is 7.71. The minimum absolute atomic E-state index is 0.0116. The molecule has 0 radical (unpaired) electrons. The molecule has 1 atom stereocenters. The second kappa shape index (κ2) is 4.96. The van der Waals surface area contributed by atoms with Crippen LogP contribution in [0.2, 0.25) is 0 Å². The van der Waals surface area contributed by atoms with Crippen LogP contribution in [-0.2, 0) is 4.74 Å². The maximum Gasteiger partial charge on any atom is 0.266 e. The summed E-state index contributed by atoms with van der Waals surface area (Å²) in [6.07, 6.45) is 0.0256. The Hall–Kier alpha value is -1.66. The molecule has 2 heterocycles. The molecule has 5 nitrogen and oxygen atoms in total. The van der Waals surface area contributed by atoms with Crippen molar-refractivity contribution in [3.8, 4) is 0 Å². The van der Waals surface area contributed by atoms with E-state index in [0.717, 1.165) is 5.52 Å². The number of nitrogens with zero attached hydrogens (tertiary/aromatic N) is 1. The van der Waals surface area contributed by atoms with E-state index >= 15 is 0 Å². The average Bonchev–Trinajstić information content (AvgIpc) is 2.74. The minimum Gasteiger partial charge on any atom is -0.429 e. The molecule has 0 spiro atoms. The fourth-order valence-electron chi connectivity index (χ4n) is 2.87. The Labute approximate surface area is 127 Å². The summed E-state index contributed by atoms with van der Waals surface area (Å²) >= 11 is 4.96. The van der Waals surface area contributed by atoms with Gasteiger partial charge in [0.05, 0.1) is 17.2 Å². The van der Waals surface area contributed by atoms with Crippen LogP contribution in [0.4, 0.5) is 0 Å². The first-order valence-corrected chi connectivity index (χ1v) is 7.35. The van der Waals surface area contributed by atoms with E-state index in [9.17, 15) is 4.79 Å². The number of carbonyl (C=O) groups excluding carboxylic acids is 1. The van der Waals surface area contributed by atoms with Crippen LogP contribution in [0.3, 0.4) is 0 Å². The van der Waals surface area contributed by atoms with Crippen LogP contribution < -0.4 is 0 Å². The van der Waals surface area contributed by atoms with Crippen molar-refractivity contribution in [2.45, 2.75) is 32.5 Å². The Morgan fingerprint density at radius 2 is 2.24 bits per heavy atom. The van der Waals surface area contributed by atoms with Gasteiger partial charge in [-0.2, -0.15) is 0 Å². The normalized spacial score (nSPS) is 21.7. The lowest BCUT2D eigenvalue weighted by Gasteiger charge is -2.41. The van der Waals surface area contributed by atoms with Crippen LogP contribution in [0.5, 0.6) is 0 Å². The monoisotopic (exact) mass is 306 g/mol. The van der Waals surface area contributed by atoms with Crippen molar-refractivity contribution in [2.24, 2.45) is 0 Å². The number of morpholine rings is 1. The Morgan fingerprint density at radius 3 is 2.95 bits per heavy atom. The molecule has 0 bridgehead atoms. The molecule has 1 saturated heterocycles. The summed E-state index contributed by atoms with van der Waals surface area (Å²) in [7, 11) is 0. The lowest BCUT2D eigenvalue weighted by molar-refractivity contribution is -0.118. The number of fused-ring (bicyclic) bond motifs is 1. The molecular weight excluding hydrogens is 288 g/mol. The molecule has 1 aromatic heterocycles. The van der Waals surface area contributed by atoms with Gasteiger partial charge in [-0.25, -0.2) is 0 Å². The molecule has 0 saturated carbocycles. The second-order valence-electron chi connectivity index (χ2n) is 6.10. The van der Waals surface area contributed by atoms with Crippen molar-refractivity contribution in [1.82, 2.24) is 9.88 Å². The van der Waals surface area contributed by atoms with Crippen molar-refractivity contribution in [1.29, 1.82) is 0 Å². The number of hydrogen-bond acceptors (Lipinski definition) is 4. The number of oxazole rings is 1. The van der Waals surface area contributed by atoms with Crippen molar-refractivity contribution < 1.29 is 13.9 Å². The fraction of sp³-hybridized carbons (Fsp3) is 0.467. The number of aromatic amines is 1.